The molecule has 1 aromatic rings. The van der Waals surface area contributed by atoms with E-state index in [1.165, 1.54) is 13.0 Å². The van der Waals surface area contributed by atoms with Crippen molar-refractivity contribution in [3.63, 3.8) is 0 Å². The summed E-state index contributed by atoms with van der Waals surface area (Å²) in [5.74, 6) is -4.73. The van der Waals surface area contributed by atoms with Crippen LogP contribution in [0.15, 0.2) is 12.1 Å². The number of benzene rings is 1. The van der Waals surface area contributed by atoms with E-state index in [9.17, 15) is 18.4 Å². The SMILES string of the molecule is Cc1ccc(F)c(C(=O)NC(C(=O)O)C(C)C)c1F. The summed E-state index contributed by atoms with van der Waals surface area (Å²) in [6.45, 7) is 4.56. The first kappa shape index (κ1) is 15.1. The monoisotopic (exact) mass is 271 g/mol. The predicted molar refractivity (Wildman–Crippen MR) is 64.8 cm³/mol. The van der Waals surface area contributed by atoms with Gasteiger partial charge in [0, 0.05) is 0 Å². The summed E-state index contributed by atoms with van der Waals surface area (Å²) in [4.78, 5) is 22.7. The number of aliphatic carboxylic acids is 1. The Kier molecular flexibility index (Phi) is 4.58. The van der Waals surface area contributed by atoms with E-state index in [4.69, 9.17) is 5.11 Å². The van der Waals surface area contributed by atoms with E-state index in [0.29, 0.717) is 0 Å². The van der Waals surface area contributed by atoms with Crippen LogP contribution in [-0.2, 0) is 4.79 Å². The van der Waals surface area contributed by atoms with Gasteiger partial charge >= 0.3 is 5.97 Å². The molecule has 1 atom stereocenters. The highest BCUT2D eigenvalue weighted by molar-refractivity contribution is 5.97. The van der Waals surface area contributed by atoms with E-state index in [1.807, 2.05) is 0 Å². The van der Waals surface area contributed by atoms with Gasteiger partial charge in [-0.05, 0) is 24.5 Å². The minimum absolute atomic E-state index is 0.114. The molecule has 6 heteroatoms. The third-order valence-corrected chi connectivity index (χ3v) is 2.73. The fourth-order valence-electron chi connectivity index (χ4n) is 1.59. The first-order valence-electron chi connectivity index (χ1n) is 5.74. The Morgan fingerprint density at radius 3 is 2.32 bits per heavy atom. The van der Waals surface area contributed by atoms with Gasteiger partial charge in [0.05, 0.1) is 0 Å². The molecule has 2 N–H and O–H groups in total. The van der Waals surface area contributed by atoms with Gasteiger partial charge in [-0.15, -0.1) is 0 Å². The number of rotatable bonds is 4. The van der Waals surface area contributed by atoms with Gasteiger partial charge in [0.25, 0.3) is 5.91 Å². The summed E-state index contributed by atoms with van der Waals surface area (Å²) in [6.07, 6.45) is 0. The molecular formula is C13H15F2NO3. The van der Waals surface area contributed by atoms with Crippen LogP contribution in [0.2, 0.25) is 0 Å². The highest BCUT2D eigenvalue weighted by atomic mass is 19.1. The molecule has 0 aliphatic heterocycles. The predicted octanol–water partition coefficient (Wildman–Crippen LogP) is 2.11. The summed E-state index contributed by atoms with van der Waals surface area (Å²) >= 11 is 0. The van der Waals surface area contributed by atoms with Crippen molar-refractivity contribution in [3.05, 3.63) is 34.9 Å². The van der Waals surface area contributed by atoms with Crippen LogP contribution in [0.5, 0.6) is 0 Å². The molecule has 0 bridgehead atoms. The number of nitrogens with one attached hydrogen (secondary N) is 1. The fraction of sp³-hybridized carbons (Fsp3) is 0.385. The second-order valence-electron chi connectivity index (χ2n) is 4.59. The molecule has 0 heterocycles. The molecule has 0 aliphatic rings. The van der Waals surface area contributed by atoms with Gasteiger partial charge in [-0.1, -0.05) is 19.9 Å². The number of hydrogen-bond acceptors (Lipinski definition) is 2. The number of carboxylic acid groups (broad SMARTS) is 1. The first-order chi connectivity index (χ1) is 8.75. The molecule has 0 saturated heterocycles. The molecule has 4 nitrogen and oxygen atoms in total. The van der Waals surface area contributed by atoms with Crippen LogP contribution in [-0.4, -0.2) is 23.0 Å². The van der Waals surface area contributed by atoms with E-state index in [-0.39, 0.29) is 5.56 Å². The van der Waals surface area contributed by atoms with Gasteiger partial charge in [0.15, 0.2) is 0 Å². The Morgan fingerprint density at radius 1 is 1.26 bits per heavy atom. The van der Waals surface area contributed by atoms with Crippen molar-refractivity contribution in [2.24, 2.45) is 5.92 Å². The standard InChI is InChI=1S/C13H15F2NO3/c1-6(2)11(13(18)19)16-12(17)9-8(14)5-4-7(3)10(9)15/h4-6,11H,1-3H3,(H,16,17)(H,18,19). The number of hydrogen-bond donors (Lipinski definition) is 2. The lowest BCUT2D eigenvalue weighted by Crippen LogP contribution is -2.44. The zero-order valence-corrected chi connectivity index (χ0v) is 10.8. The van der Waals surface area contributed by atoms with E-state index >= 15 is 0 Å². The number of carbonyl (C=O) groups excluding carboxylic acids is 1. The topological polar surface area (TPSA) is 66.4 Å². The van der Waals surface area contributed by atoms with Gasteiger partial charge in [-0.25, -0.2) is 13.6 Å². The molecule has 0 radical (unpaired) electrons. The normalized spacial score (nSPS) is 12.3. The second kappa shape index (κ2) is 5.77. The molecule has 1 aromatic carbocycles. The highest BCUT2D eigenvalue weighted by Gasteiger charge is 2.27. The largest absolute Gasteiger partial charge is 0.480 e. The van der Waals surface area contributed by atoms with Gasteiger partial charge in [-0.2, -0.15) is 0 Å². The third kappa shape index (κ3) is 3.27. The number of amides is 1. The van der Waals surface area contributed by atoms with E-state index < -0.39 is 41.0 Å². The van der Waals surface area contributed by atoms with E-state index in [1.54, 1.807) is 13.8 Å². The Hall–Kier alpha value is -1.98. The Labute approximate surface area is 109 Å². The maximum absolute atomic E-state index is 13.7. The summed E-state index contributed by atoms with van der Waals surface area (Å²) in [5.41, 5.74) is -0.644. The molecule has 0 aromatic heterocycles. The zero-order valence-electron chi connectivity index (χ0n) is 10.8. The van der Waals surface area contributed by atoms with E-state index in [0.717, 1.165) is 6.07 Å². The summed E-state index contributed by atoms with van der Waals surface area (Å²) < 4.78 is 27.2. The molecular weight excluding hydrogens is 256 g/mol. The maximum atomic E-state index is 13.7. The number of halogens is 2. The van der Waals surface area contributed by atoms with Crippen molar-refractivity contribution >= 4 is 11.9 Å². The quantitative estimate of drug-likeness (QED) is 0.881. The summed E-state index contributed by atoms with van der Waals surface area (Å²) in [5, 5.41) is 11.1. The molecule has 0 saturated carbocycles. The number of carbonyl (C=O) groups is 2. The van der Waals surface area contributed by atoms with Crippen molar-refractivity contribution in [3.8, 4) is 0 Å². The number of aryl methyl sites for hydroxylation is 1. The molecule has 1 amide bonds. The lowest BCUT2D eigenvalue weighted by Gasteiger charge is -2.18. The Morgan fingerprint density at radius 2 is 1.84 bits per heavy atom. The molecule has 0 spiro atoms. The minimum Gasteiger partial charge on any atom is -0.480 e. The van der Waals surface area contributed by atoms with Gasteiger partial charge in [-0.3, -0.25) is 4.79 Å². The van der Waals surface area contributed by atoms with Crippen LogP contribution in [0.1, 0.15) is 29.8 Å². The Bertz CT molecular complexity index is 515. The van der Waals surface area contributed by atoms with Gasteiger partial charge in [0.2, 0.25) is 0 Å². The van der Waals surface area contributed by atoms with Crippen molar-refractivity contribution in [2.45, 2.75) is 26.8 Å². The average molecular weight is 271 g/mol. The van der Waals surface area contributed by atoms with E-state index in [2.05, 4.69) is 5.32 Å². The van der Waals surface area contributed by atoms with Crippen LogP contribution in [0.4, 0.5) is 8.78 Å². The first-order valence-corrected chi connectivity index (χ1v) is 5.74. The molecule has 0 fully saturated rings. The van der Waals surface area contributed by atoms with Crippen molar-refractivity contribution in [1.82, 2.24) is 5.32 Å². The van der Waals surface area contributed by atoms with Crippen LogP contribution < -0.4 is 5.32 Å². The van der Waals surface area contributed by atoms with Crippen LogP contribution in [0.25, 0.3) is 0 Å². The average Bonchev–Trinajstić information content (AvgIpc) is 2.30. The van der Waals surface area contributed by atoms with Gasteiger partial charge < -0.3 is 10.4 Å². The highest BCUT2D eigenvalue weighted by Crippen LogP contribution is 2.17. The van der Waals surface area contributed by atoms with Gasteiger partial charge in [0.1, 0.15) is 23.2 Å². The van der Waals surface area contributed by atoms with Crippen molar-refractivity contribution in [2.75, 3.05) is 0 Å². The smallest absolute Gasteiger partial charge is 0.326 e. The molecule has 0 aliphatic carbocycles. The summed E-state index contributed by atoms with van der Waals surface area (Å²) in [6, 6.07) is 0.976. The van der Waals surface area contributed by atoms with Crippen LogP contribution >= 0.6 is 0 Å². The molecule has 1 rings (SSSR count). The lowest BCUT2D eigenvalue weighted by atomic mass is 10.0. The Balaban J connectivity index is 3.08. The lowest BCUT2D eigenvalue weighted by molar-refractivity contribution is -0.140. The fourth-order valence-corrected chi connectivity index (χ4v) is 1.59. The molecule has 1 unspecified atom stereocenters. The zero-order chi connectivity index (χ0) is 14.7. The maximum Gasteiger partial charge on any atom is 0.326 e. The van der Waals surface area contributed by atoms with Crippen molar-refractivity contribution < 1.29 is 23.5 Å². The summed E-state index contributed by atoms with van der Waals surface area (Å²) in [7, 11) is 0. The minimum atomic E-state index is -1.25. The van der Waals surface area contributed by atoms with Crippen LogP contribution in [0, 0.1) is 24.5 Å². The number of carboxylic acids is 1. The third-order valence-electron chi connectivity index (χ3n) is 2.73. The van der Waals surface area contributed by atoms with Crippen LogP contribution in [0.3, 0.4) is 0 Å². The molecule has 104 valence electrons. The molecule has 19 heavy (non-hydrogen) atoms. The van der Waals surface area contributed by atoms with Crippen molar-refractivity contribution in [1.29, 1.82) is 0 Å². The second-order valence-corrected chi connectivity index (χ2v) is 4.59.